The van der Waals surface area contributed by atoms with Crippen molar-refractivity contribution in [2.75, 3.05) is 19.7 Å². The maximum atomic E-state index is 12.2. The number of aromatic nitrogens is 1. The predicted octanol–water partition coefficient (Wildman–Crippen LogP) is -1.24. The number of aromatic carboxylic acids is 1. The Morgan fingerprint density at radius 2 is 1.96 bits per heavy atom. The summed E-state index contributed by atoms with van der Waals surface area (Å²) in [5.74, 6) is -1.18. The van der Waals surface area contributed by atoms with Crippen molar-refractivity contribution in [2.24, 2.45) is 0 Å². The van der Waals surface area contributed by atoms with E-state index in [4.69, 9.17) is 14.2 Å². The van der Waals surface area contributed by atoms with Crippen LogP contribution >= 0.6 is 11.3 Å². The molecule has 8 nitrogen and oxygen atoms in total. The average Bonchev–Trinajstić information content (AvgIpc) is 3.10. The van der Waals surface area contributed by atoms with Gasteiger partial charge < -0.3 is 29.0 Å². The third-order valence-electron chi connectivity index (χ3n) is 4.67. The van der Waals surface area contributed by atoms with Gasteiger partial charge in [0.05, 0.1) is 23.2 Å². The second-order valence-electron chi connectivity index (χ2n) is 8.06. The normalized spacial score (nSPS) is 21.3. The van der Waals surface area contributed by atoms with E-state index in [1.165, 1.54) is 0 Å². The quantitative estimate of drug-likeness (QED) is 0.581. The number of carboxylic acids is 1. The minimum Gasteiger partial charge on any atom is -0.544 e. The second-order valence-corrected chi connectivity index (χ2v) is 9.26. The number of carbonyl (C=O) groups excluding carboxylic acids is 2. The molecular weight excluding hydrogens is 379 g/mol. The van der Waals surface area contributed by atoms with E-state index < -0.39 is 11.6 Å². The summed E-state index contributed by atoms with van der Waals surface area (Å²) in [5.41, 5.74) is -0.868. The number of aryl methyl sites for hydroxylation is 1. The van der Waals surface area contributed by atoms with Crippen LogP contribution < -0.4 is 28.7 Å². The van der Waals surface area contributed by atoms with Crippen LogP contribution in [0, 0.1) is 6.92 Å². The summed E-state index contributed by atoms with van der Waals surface area (Å²) in [4.78, 5) is 29.3. The number of piperidine rings is 1. The van der Waals surface area contributed by atoms with Crippen molar-refractivity contribution in [1.29, 1.82) is 0 Å². The number of carboxylic acid groups (broad SMARTS) is 1. The maximum absolute atomic E-state index is 12.2. The van der Waals surface area contributed by atoms with E-state index in [0.717, 1.165) is 11.3 Å². The zero-order chi connectivity index (χ0) is 19.8. The Balaban J connectivity index is 0.00000280. The standard InChI is InChI=1S/C18H26N2O6S.Li/c1-11-19-14(13(27-11)15(21)22)25-12-9-18(24-10-12)5-7-20(8-6-18)16(23)26-17(2,3)4;/h12H,5-10H2,1-4H3,(H,21,22);/q;+1/p-1. The van der Waals surface area contributed by atoms with Crippen molar-refractivity contribution in [1.82, 2.24) is 9.88 Å². The molecule has 0 bridgehead atoms. The first-order chi connectivity index (χ1) is 12.6. The molecule has 1 atom stereocenters. The summed E-state index contributed by atoms with van der Waals surface area (Å²) < 4.78 is 17.2. The molecule has 0 saturated carbocycles. The monoisotopic (exact) mass is 404 g/mol. The van der Waals surface area contributed by atoms with E-state index in [2.05, 4.69) is 4.98 Å². The summed E-state index contributed by atoms with van der Waals surface area (Å²) >= 11 is 1.04. The SMILES string of the molecule is Cc1nc(OC2COC3(CCN(C(=O)OC(C)(C)C)CC3)C2)c(C(=O)[O-])s1.[Li+]. The molecule has 0 aromatic carbocycles. The Morgan fingerprint density at radius 1 is 1.32 bits per heavy atom. The van der Waals surface area contributed by atoms with E-state index in [1.54, 1.807) is 11.8 Å². The summed E-state index contributed by atoms with van der Waals surface area (Å²) in [7, 11) is 0. The fraction of sp³-hybridized carbons (Fsp3) is 0.722. The number of likely N-dealkylation sites (tertiary alicyclic amines) is 1. The largest absolute Gasteiger partial charge is 1.00 e. The Bertz CT molecular complexity index is 724. The molecule has 1 unspecified atom stereocenters. The van der Waals surface area contributed by atoms with Crippen LogP contribution in [0.25, 0.3) is 0 Å². The van der Waals surface area contributed by atoms with Crippen LogP contribution in [0.15, 0.2) is 0 Å². The Kier molecular flexibility index (Phi) is 7.08. The van der Waals surface area contributed by atoms with Gasteiger partial charge in [-0.15, -0.1) is 11.3 Å². The molecule has 28 heavy (non-hydrogen) atoms. The first-order valence-corrected chi connectivity index (χ1v) is 9.86. The number of carbonyl (C=O) groups is 2. The second kappa shape index (κ2) is 8.62. The van der Waals surface area contributed by atoms with Gasteiger partial charge in [0.1, 0.15) is 16.6 Å². The molecule has 0 radical (unpaired) electrons. The number of hydrogen-bond donors (Lipinski definition) is 0. The van der Waals surface area contributed by atoms with Gasteiger partial charge in [-0.05, 0) is 40.5 Å². The number of nitrogens with zero attached hydrogens (tertiary/aromatic N) is 2. The van der Waals surface area contributed by atoms with Crippen molar-refractivity contribution in [3.05, 3.63) is 9.88 Å². The molecular formula is C18H25LiN2O6S. The summed E-state index contributed by atoms with van der Waals surface area (Å²) in [6.45, 7) is 8.75. The van der Waals surface area contributed by atoms with Gasteiger partial charge in [0, 0.05) is 19.5 Å². The van der Waals surface area contributed by atoms with Crippen molar-refractivity contribution < 1.29 is 47.8 Å². The molecule has 10 heteroatoms. The van der Waals surface area contributed by atoms with E-state index in [9.17, 15) is 14.7 Å². The van der Waals surface area contributed by atoms with Crippen LogP contribution in [0.5, 0.6) is 5.88 Å². The molecule has 1 aromatic heterocycles. The van der Waals surface area contributed by atoms with E-state index in [1.807, 2.05) is 20.8 Å². The van der Waals surface area contributed by atoms with Gasteiger partial charge in [-0.2, -0.15) is 0 Å². The molecule has 2 fully saturated rings. The van der Waals surface area contributed by atoms with Crippen LogP contribution in [0.4, 0.5) is 4.79 Å². The fourth-order valence-corrected chi connectivity index (χ4v) is 4.11. The van der Waals surface area contributed by atoms with Gasteiger partial charge in [-0.3, -0.25) is 0 Å². The van der Waals surface area contributed by atoms with Crippen molar-refractivity contribution >= 4 is 23.4 Å². The average molecular weight is 404 g/mol. The van der Waals surface area contributed by atoms with Crippen LogP contribution in [-0.4, -0.2) is 58.9 Å². The van der Waals surface area contributed by atoms with Crippen molar-refractivity contribution in [2.45, 2.75) is 64.3 Å². The summed E-state index contributed by atoms with van der Waals surface area (Å²) in [5, 5.41) is 11.8. The van der Waals surface area contributed by atoms with Gasteiger partial charge in [-0.1, -0.05) is 0 Å². The smallest absolute Gasteiger partial charge is 0.544 e. The minimum absolute atomic E-state index is 0. The Morgan fingerprint density at radius 3 is 2.54 bits per heavy atom. The number of amides is 1. The molecule has 1 aromatic rings. The molecule has 3 rings (SSSR count). The zero-order valence-electron chi connectivity index (χ0n) is 17.1. The van der Waals surface area contributed by atoms with Crippen LogP contribution in [0.3, 0.4) is 0 Å². The number of rotatable bonds is 3. The van der Waals surface area contributed by atoms with Gasteiger partial charge in [0.25, 0.3) is 0 Å². The number of ether oxygens (including phenoxy) is 3. The summed E-state index contributed by atoms with van der Waals surface area (Å²) in [6, 6.07) is 0. The zero-order valence-corrected chi connectivity index (χ0v) is 17.9. The number of hydrogen-bond acceptors (Lipinski definition) is 8. The van der Waals surface area contributed by atoms with Crippen molar-refractivity contribution in [3.63, 3.8) is 0 Å². The van der Waals surface area contributed by atoms with Gasteiger partial charge in [-0.25, -0.2) is 9.78 Å². The third kappa shape index (κ3) is 5.41. The van der Waals surface area contributed by atoms with E-state index in [0.29, 0.717) is 44.0 Å². The molecule has 2 aliphatic rings. The van der Waals surface area contributed by atoms with Gasteiger partial charge >= 0.3 is 25.0 Å². The van der Waals surface area contributed by atoms with Crippen LogP contribution in [-0.2, 0) is 9.47 Å². The molecule has 1 amide bonds. The fourth-order valence-electron chi connectivity index (χ4n) is 3.42. The van der Waals surface area contributed by atoms with Crippen LogP contribution in [0.2, 0.25) is 0 Å². The molecule has 2 saturated heterocycles. The Labute approximate surface area is 180 Å². The Hall–Kier alpha value is -1.27. The van der Waals surface area contributed by atoms with Gasteiger partial charge in [0.2, 0.25) is 5.88 Å². The summed E-state index contributed by atoms with van der Waals surface area (Å²) in [6.07, 6.45) is 1.45. The van der Waals surface area contributed by atoms with Crippen molar-refractivity contribution in [3.8, 4) is 5.88 Å². The van der Waals surface area contributed by atoms with Crippen LogP contribution in [0.1, 0.15) is 54.7 Å². The minimum atomic E-state index is -1.28. The van der Waals surface area contributed by atoms with E-state index in [-0.39, 0.29) is 47.4 Å². The molecule has 3 heterocycles. The van der Waals surface area contributed by atoms with Gasteiger partial charge in [0.15, 0.2) is 0 Å². The maximum Gasteiger partial charge on any atom is 1.00 e. The topological polar surface area (TPSA) is 101 Å². The molecule has 2 aliphatic heterocycles. The molecule has 0 N–H and O–H groups in total. The van der Waals surface area contributed by atoms with E-state index >= 15 is 0 Å². The first kappa shape index (κ1) is 23.0. The molecule has 0 aliphatic carbocycles. The third-order valence-corrected chi connectivity index (χ3v) is 5.60. The first-order valence-electron chi connectivity index (χ1n) is 9.04. The molecule has 150 valence electrons. The molecule has 1 spiro atoms. The predicted molar refractivity (Wildman–Crippen MR) is 95.9 cm³/mol. The number of thiazole rings is 1.